The van der Waals surface area contributed by atoms with E-state index in [1.165, 1.54) is 10.0 Å². The minimum atomic E-state index is 0. The largest absolute Gasteiger partial charge is 0.312 e. The Bertz CT molecular complexity index is 359. The maximum absolute atomic E-state index is 3.54. The van der Waals surface area contributed by atoms with Gasteiger partial charge in [0.25, 0.3) is 0 Å². The molecule has 2 unspecified atom stereocenters. The molecule has 0 spiro atoms. The van der Waals surface area contributed by atoms with Gasteiger partial charge < -0.3 is 5.32 Å². The predicted molar refractivity (Wildman–Crippen MR) is 78.8 cm³/mol. The lowest BCUT2D eigenvalue weighted by Gasteiger charge is -2.36. The van der Waals surface area contributed by atoms with Crippen molar-refractivity contribution in [2.45, 2.75) is 25.9 Å². The molecule has 4 heteroatoms. The summed E-state index contributed by atoms with van der Waals surface area (Å²) >= 11 is 3.54. The molecule has 1 aromatic rings. The highest BCUT2D eigenvalue weighted by Crippen LogP contribution is 2.23. The lowest BCUT2D eigenvalue weighted by atomic mass is 10.1. The first kappa shape index (κ1) is 15.0. The van der Waals surface area contributed by atoms with Crippen LogP contribution in [-0.2, 0) is 0 Å². The fourth-order valence-corrected chi connectivity index (χ4v) is 2.71. The molecule has 0 radical (unpaired) electrons. The van der Waals surface area contributed by atoms with Gasteiger partial charge in [-0.3, -0.25) is 4.90 Å². The Morgan fingerprint density at radius 1 is 1.47 bits per heavy atom. The van der Waals surface area contributed by atoms with Crippen LogP contribution in [0.15, 0.2) is 28.7 Å². The van der Waals surface area contributed by atoms with Gasteiger partial charge in [-0.2, -0.15) is 0 Å². The lowest BCUT2D eigenvalue weighted by Crippen LogP contribution is -2.49. The Kier molecular flexibility index (Phi) is 5.93. The first-order valence-electron chi connectivity index (χ1n) is 5.89. The Morgan fingerprint density at radius 3 is 2.88 bits per heavy atom. The molecule has 0 saturated carbocycles. The van der Waals surface area contributed by atoms with Gasteiger partial charge in [0.05, 0.1) is 0 Å². The van der Waals surface area contributed by atoms with Crippen molar-refractivity contribution in [1.82, 2.24) is 10.2 Å². The van der Waals surface area contributed by atoms with Crippen LogP contribution in [0.5, 0.6) is 0 Å². The maximum atomic E-state index is 3.54. The summed E-state index contributed by atoms with van der Waals surface area (Å²) in [5, 5.41) is 3.48. The number of piperazine rings is 1. The molecule has 1 fully saturated rings. The molecule has 2 nitrogen and oxygen atoms in total. The monoisotopic (exact) mass is 318 g/mol. The summed E-state index contributed by atoms with van der Waals surface area (Å²) in [6.45, 7) is 7.91. The molecule has 96 valence electrons. The SMILES string of the molecule is CC1CN(C(C)c2cccc(Br)c2)CCN1.Cl. The summed E-state index contributed by atoms with van der Waals surface area (Å²) in [5.41, 5.74) is 1.39. The highest BCUT2D eigenvalue weighted by Gasteiger charge is 2.21. The van der Waals surface area contributed by atoms with Crippen LogP contribution in [0.3, 0.4) is 0 Å². The Hall–Kier alpha value is -0.0900. The first-order valence-corrected chi connectivity index (χ1v) is 6.69. The number of nitrogens with zero attached hydrogens (tertiary/aromatic N) is 1. The second-order valence-electron chi connectivity index (χ2n) is 4.58. The summed E-state index contributed by atoms with van der Waals surface area (Å²) in [7, 11) is 0. The van der Waals surface area contributed by atoms with Crippen molar-refractivity contribution < 1.29 is 0 Å². The Balaban J connectivity index is 0.00000144. The number of hydrogen-bond donors (Lipinski definition) is 1. The molecule has 1 aromatic carbocycles. The molecule has 1 heterocycles. The zero-order valence-electron chi connectivity index (χ0n) is 10.3. The minimum Gasteiger partial charge on any atom is -0.312 e. The summed E-state index contributed by atoms with van der Waals surface area (Å²) in [4.78, 5) is 2.54. The number of halogens is 2. The molecule has 0 bridgehead atoms. The Labute approximate surface area is 118 Å². The van der Waals surface area contributed by atoms with Crippen molar-refractivity contribution in [3.63, 3.8) is 0 Å². The lowest BCUT2D eigenvalue weighted by molar-refractivity contribution is 0.158. The van der Waals surface area contributed by atoms with Crippen LogP contribution in [-0.4, -0.2) is 30.6 Å². The van der Waals surface area contributed by atoms with E-state index in [2.05, 4.69) is 64.3 Å². The molecule has 1 aliphatic rings. The second-order valence-corrected chi connectivity index (χ2v) is 5.50. The van der Waals surface area contributed by atoms with E-state index in [4.69, 9.17) is 0 Å². The van der Waals surface area contributed by atoms with Crippen molar-refractivity contribution in [3.05, 3.63) is 34.3 Å². The van der Waals surface area contributed by atoms with E-state index in [-0.39, 0.29) is 12.4 Å². The molecule has 0 amide bonds. The fourth-order valence-electron chi connectivity index (χ4n) is 2.29. The summed E-state index contributed by atoms with van der Waals surface area (Å²) in [5.74, 6) is 0. The van der Waals surface area contributed by atoms with Gasteiger partial charge in [0.15, 0.2) is 0 Å². The van der Waals surface area contributed by atoms with Crippen LogP contribution in [0.25, 0.3) is 0 Å². The van der Waals surface area contributed by atoms with E-state index in [9.17, 15) is 0 Å². The molecular weight excluding hydrogens is 300 g/mol. The molecule has 0 aliphatic carbocycles. The molecule has 1 N–H and O–H groups in total. The smallest absolute Gasteiger partial charge is 0.0321 e. The fraction of sp³-hybridized carbons (Fsp3) is 0.538. The standard InChI is InChI=1S/C13H19BrN2.ClH/c1-10-9-16(7-6-15-10)11(2)12-4-3-5-13(14)8-12;/h3-5,8,10-11,15H,6-7,9H2,1-2H3;1H. The van der Waals surface area contributed by atoms with E-state index < -0.39 is 0 Å². The van der Waals surface area contributed by atoms with Crippen LogP contribution in [0.4, 0.5) is 0 Å². The quantitative estimate of drug-likeness (QED) is 0.900. The van der Waals surface area contributed by atoms with Gasteiger partial charge in [-0.1, -0.05) is 28.1 Å². The zero-order valence-corrected chi connectivity index (χ0v) is 12.7. The third-order valence-corrected chi connectivity index (χ3v) is 3.77. The number of rotatable bonds is 2. The molecule has 2 rings (SSSR count). The average Bonchev–Trinajstić information content (AvgIpc) is 2.28. The predicted octanol–water partition coefficient (Wildman–Crippen LogP) is 3.23. The van der Waals surface area contributed by atoms with E-state index in [0.29, 0.717) is 12.1 Å². The molecular formula is C13H20BrClN2. The van der Waals surface area contributed by atoms with Crippen molar-refractivity contribution in [2.24, 2.45) is 0 Å². The minimum absolute atomic E-state index is 0. The first-order chi connectivity index (χ1) is 7.66. The molecule has 17 heavy (non-hydrogen) atoms. The van der Waals surface area contributed by atoms with Gasteiger partial charge in [0.1, 0.15) is 0 Å². The second kappa shape index (κ2) is 6.74. The van der Waals surface area contributed by atoms with Gasteiger partial charge >= 0.3 is 0 Å². The normalized spacial score (nSPS) is 22.9. The van der Waals surface area contributed by atoms with Crippen LogP contribution in [0.2, 0.25) is 0 Å². The number of nitrogens with one attached hydrogen (secondary N) is 1. The Morgan fingerprint density at radius 2 is 2.24 bits per heavy atom. The summed E-state index contributed by atoms with van der Waals surface area (Å²) in [6.07, 6.45) is 0. The highest BCUT2D eigenvalue weighted by molar-refractivity contribution is 9.10. The van der Waals surface area contributed by atoms with Gasteiger partial charge in [0, 0.05) is 36.2 Å². The number of hydrogen-bond acceptors (Lipinski definition) is 2. The van der Waals surface area contributed by atoms with Crippen LogP contribution in [0.1, 0.15) is 25.5 Å². The van der Waals surface area contributed by atoms with Gasteiger partial charge in [-0.25, -0.2) is 0 Å². The molecule has 0 aromatic heterocycles. The van der Waals surface area contributed by atoms with Crippen molar-refractivity contribution >= 4 is 28.3 Å². The van der Waals surface area contributed by atoms with Crippen LogP contribution >= 0.6 is 28.3 Å². The maximum Gasteiger partial charge on any atom is 0.0321 e. The molecule has 1 aliphatic heterocycles. The van der Waals surface area contributed by atoms with E-state index in [0.717, 1.165) is 19.6 Å². The van der Waals surface area contributed by atoms with E-state index in [1.807, 2.05) is 0 Å². The third kappa shape index (κ3) is 3.95. The van der Waals surface area contributed by atoms with Crippen LogP contribution < -0.4 is 5.32 Å². The van der Waals surface area contributed by atoms with E-state index >= 15 is 0 Å². The van der Waals surface area contributed by atoms with Gasteiger partial charge in [-0.15, -0.1) is 12.4 Å². The van der Waals surface area contributed by atoms with Crippen molar-refractivity contribution in [1.29, 1.82) is 0 Å². The molecule has 2 atom stereocenters. The van der Waals surface area contributed by atoms with Crippen molar-refractivity contribution in [2.75, 3.05) is 19.6 Å². The van der Waals surface area contributed by atoms with Gasteiger partial charge in [-0.05, 0) is 31.5 Å². The molecule has 1 saturated heterocycles. The summed E-state index contributed by atoms with van der Waals surface area (Å²) in [6, 6.07) is 9.72. The topological polar surface area (TPSA) is 15.3 Å². The highest BCUT2D eigenvalue weighted by atomic mass is 79.9. The third-order valence-electron chi connectivity index (χ3n) is 3.28. The van der Waals surface area contributed by atoms with Crippen LogP contribution in [0, 0.1) is 0 Å². The van der Waals surface area contributed by atoms with Gasteiger partial charge in [0.2, 0.25) is 0 Å². The van der Waals surface area contributed by atoms with E-state index in [1.54, 1.807) is 0 Å². The average molecular weight is 320 g/mol. The zero-order chi connectivity index (χ0) is 11.5. The van der Waals surface area contributed by atoms with Crippen molar-refractivity contribution in [3.8, 4) is 0 Å². The number of benzene rings is 1. The summed E-state index contributed by atoms with van der Waals surface area (Å²) < 4.78 is 1.17.